The van der Waals surface area contributed by atoms with Crippen LogP contribution in [-0.2, 0) is 9.53 Å². The van der Waals surface area contributed by atoms with Crippen molar-refractivity contribution in [1.29, 1.82) is 0 Å². The third-order valence-corrected chi connectivity index (χ3v) is 2.83. The molecule has 0 rings (SSSR count). The van der Waals surface area contributed by atoms with Crippen LogP contribution >= 0.6 is 0 Å². The lowest BCUT2D eigenvalue weighted by atomic mass is 9.98. The van der Waals surface area contributed by atoms with E-state index in [4.69, 9.17) is 4.74 Å². The Kier molecular flexibility index (Phi) is 6.51. The van der Waals surface area contributed by atoms with Crippen LogP contribution in [0, 0.1) is 0 Å². The number of ether oxygens (including phenoxy) is 1. The Hall–Kier alpha value is -0.690. The van der Waals surface area contributed by atoms with Crippen LogP contribution in [0.5, 0.6) is 0 Å². The van der Waals surface area contributed by atoms with E-state index in [1.807, 2.05) is 6.92 Å². The van der Waals surface area contributed by atoms with E-state index in [1.54, 1.807) is 21.1 Å². The molecule has 0 saturated carbocycles. The quantitative estimate of drug-likeness (QED) is 0.322. The van der Waals surface area contributed by atoms with Gasteiger partial charge in [-0.05, 0) is 28.1 Å². The average molecular weight is 233 g/mol. The summed E-state index contributed by atoms with van der Waals surface area (Å²) in [6.07, 6.45) is -0.744. The van der Waals surface area contributed by atoms with E-state index in [0.29, 0.717) is 0 Å². The van der Waals surface area contributed by atoms with Crippen molar-refractivity contribution in [1.82, 2.24) is 16.0 Å². The molecule has 96 valence electrons. The summed E-state index contributed by atoms with van der Waals surface area (Å²) in [4.78, 5) is 10.8. The minimum atomic E-state index is -0.853. The van der Waals surface area contributed by atoms with Crippen LogP contribution < -0.4 is 16.0 Å². The van der Waals surface area contributed by atoms with E-state index >= 15 is 0 Å². The molecule has 0 heterocycles. The monoisotopic (exact) mass is 233 g/mol. The van der Waals surface area contributed by atoms with Gasteiger partial charge in [-0.15, -0.1) is 0 Å². The molecule has 16 heavy (non-hydrogen) atoms. The van der Waals surface area contributed by atoms with E-state index in [-0.39, 0.29) is 18.6 Å². The summed E-state index contributed by atoms with van der Waals surface area (Å²) in [5.41, 5.74) is -0.853. The van der Waals surface area contributed by atoms with Crippen molar-refractivity contribution < 1.29 is 14.6 Å². The van der Waals surface area contributed by atoms with Crippen molar-refractivity contribution in [3.05, 3.63) is 0 Å². The first-order valence-electron chi connectivity index (χ1n) is 5.30. The predicted molar refractivity (Wildman–Crippen MR) is 62.0 cm³/mol. The van der Waals surface area contributed by atoms with Gasteiger partial charge >= 0.3 is 5.97 Å². The van der Waals surface area contributed by atoms with Crippen LogP contribution in [0.4, 0.5) is 0 Å². The molecule has 0 fully saturated rings. The summed E-state index contributed by atoms with van der Waals surface area (Å²) in [5, 5.41) is 19.0. The highest BCUT2D eigenvalue weighted by Crippen LogP contribution is 2.11. The summed E-state index contributed by atoms with van der Waals surface area (Å²) >= 11 is 0. The van der Waals surface area contributed by atoms with Gasteiger partial charge in [0, 0.05) is 13.0 Å². The van der Waals surface area contributed by atoms with Gasteiger partial charge in [-0.2, -0.15) is 0 Å². The fourth-order valence-electron chi connectivity index (χ4n) is 1.45. The second-order valence-corrected chi connectivity index (χ2v) is 3.77. The highest BCUT2D eigenvalue weighted by atomic mass is 16.5. The Morgan fingerprint density at radius 2 is 1.88 bits per heavy atom. The maximum Gasteiger partial charge on any atom is 0.302 e. The normalized spacial score (nSPS) is 15.6. The van der Waals surface area contributed by atoms with Crippen LogP contribution in [0.2, 0.25) is 0 Å². The van der Waals surface area contributed by atoms with Gasteiger partial charge in [-0.3, -0.25) is 15.4 Å². The van der Waals surface area contributed by atoms with Gasteiger partial charge in [0.25, 0.3) is 0 Å². The van der Waals surface area contributed by atoms with Crippen LogP contribution in [0.15, 0.2) is 0 Å². The van der Waals surface area contributed by atoms with Crippen molar-refractivity contribution in [2.24, 2.45) is 0 Å². The molecule has 0 spiro atoms. The summed E-state index contributed by atoms with van der Waals surface area (Å²) in [6.45, 7) is 3.24. The first kappa shape index (κ1) is 15.3. The van der Waals surface area contributed by atoms with Gasteiger partial charge in [0.1, 0.15) is 18.4 Å². The second kappa shape index (κ2) is 6.80. The molecular weight excluding hydrogens is 210 g/mol. The molecule has 0 aliphatic rings. The fraction of sp³-hybridized carbons (Fsp3) is 0.900. The minimum Gasteiger partial charge on any atom is -0.462 e. The largest absolute Gasteiger partial charge is 0.462 e. The van der Waals surface area contributed by atoms with Crippen molar-refractivity contribution in [3.63, 3.8) is 0 Å². The molecule has 0 bridgehead atoms. The van der Waals surface area contributed by atoms with E-state index in [0.717, 1.165) is 0 Å². The van der Waals surface area contributed by atoms with Gasteiger partial charge in [0.2, 0.25) is 0 Å². The zero-order chi connectivity index (χ0) is 12.8. The summed E-state index contributed by atoms with van der Waals surface area (Å²) in [6, 6.07) is -0.143. The SMILES string of the molecule is CNC(C)C(O)C(COC(C)=O)(NC)NC. The van der Waals surface area contributed by atoms with Gasteiger partial charge in [-0.1, -0.05) is 0 Å². The Labute approximate surface area is 96.7 Å². The lowest BCUT2D eigenvalue weighted by molar-refractivity contribution is -0.146. The zero-order valence-electron chi connectivity index (χ0n) is 10.6. The van der Waals surface area contributed by atoms with E-state index < -0.39 is 11.8 Å². The number of likely N-dealkylation sites (N-methyl/N-ethyl adjacent to an activating group) is 3. The molecule has 0 amide bonds. The summed E-state index contributed by atoms with van der Waals surface area (Å²) in [7, 11) is 5.16. The van der Waals surface area contributed by atoms with E-state index in [1.165, 1.54) is 6.92 Å². The molecule has 0 aliphatic heterocycles. The van der Waals surface area contributed by atoms with Crippen LogP contribution in [0.3, 0.4) is 0 Å². The van der Waals surface area contributed by atoms with Crippen LogP contribution in [-0.4, -0.2) is 56.6 Å². The van der Waals surface area contributed by atoms with E-state index in [9.17, 15) is 9.90 Å². The maximum atomic E-state index is 10.8. The first-order chi connectivity index (χ1) is 7.43. The van der Waals surface area contributed by atoms with Gasteiger partial charge in [-0.25, -0.2) is 0 Å². The number of aliphatic hydroxyl groups is 1. The summed E-state index contributed by atoms with van der Waals surface area (Å²) < 4.78 is 4.95. The standard InChI is InChI=1S/C10H23N3O3/c1-7(11-3)9(15)10(12-4,13-5)6-16-8(2)14/h7,9,11-13,15H,6H2,1-5H3. The van der Waals surface area contributed by atoms with Gasteiger partial charge < -0.3 is 15.2 Å². The third-order valence-electron chi connectivity index (χ3n) is 2.83. The molecule has 6 nitrogen and oxygen atoms in total. The molecule has 0 saturated heterocycles. The number of aliphatic hydroxyl groups excluding tert-OH is 1. The predicted octanol–water partition coefficient (Wildman–Crippen LogP) is -1.35. The number of hydrogen-bond donors (Lipinski definition) is 4. The minimum absolute atomic E-state index is 0.0581. The first-order valence-corrected chi connectivity index (χ1v) is 5.30. The van der Waals surface area contributed by atoms with Crippen molar-refractivity contribution in [3.8, 4) is 0 Å². The Bertz CT molecular complexity index is 219. The highest BCUT2D eigenvalue weighted by molar-refractivity contribution is 5.66. The molecule has 0 aromatic rings. The fourth-order valence-corrected chi connectivity index (χ4v) is 1.45. The number of hydrogen-bond acceptors (Lipinski definition) is 6. The molecule has 0 aromatic carbocycles. The third kappa shape index (κ3) is 3.71. The van der Waals surface area contributed by atoms with Gasteiger partial charge in [0.15, 0.2) is 0 Å². The lowest BCUT2D eigenvalue weighted by Gasteiger charge is -2.39. The van der Waals surface area contributed by atoms with Crippen LogP contribution in [0.25, 0.3) is 0 Å². The number of nitrogens with one attached hydrogen (secondary N) is 3. The lowest BCUT2D eigenvalue weighted by Crippen LogP contribution is -2.69. The maximum absolute atomic E-state index is 10.8. The highest BCUT2D eigenvalue weighted by Gasteiger charge is 2.39. The number of carbonyl (C=O) groups excluding carboxylic acids is 1. The molecule has 6 heteroatoms. The number of carbonyl (C=O) groups is 1. The molecule has 0 aliphatic carbocycles. The Morgan fingerprint density at radius 3 is 2.19 bits per heavy atom. The number of esters is 1. The van der Waals surface area contributed by atoms with Gasteiger partial charge in [0.05, 0.1) is 0 Å². The Balaban J connectivity index is 4.71. The molecule has 0 radical (unpaired) electrons. The van der Waals surface area contributed by atoms with Crippen molar-refractivity contribution >= 4 is 5.97 Å². The number of rotatable bonds is 7. The Morgan fingerprint density at radius 1 is 1.38 bits per heavy atom. The smallest absolute Gasteiger partial charge is 0.302 e. The molecule has 2 atom stereocenters. The molecule has 4 N–H and O–H groups in total. The summed E-state index contributed by atoms with van der Waals surface area (Å²) in [5.74, 6) is -0.376. The topological polar surface area (TPSA) is 82.6 Å². The zero-order valence-corrected chi connectivity index (χ0v) is 10.6. The molecular formula is C10H23N3O3. The van der Waals surface area contributed by atoms with E-state index in [2.05, 4.69) is 16.0 Å². The van der Waals surface area contributed by atoms with Crippen molar-refractivity contribution in [2.75, 3.05) is 27.7 Å². The molecule has 2 unspecified atom stereocenters. The second-order valence-electron chi connectivity index (χ2n) is 3.77. The van der Waals surface area contributed by atoms with Crippen molar-refractivity contribution in [2.45, 2.75) is 31.7 Å². The molecule has 0 aromatic heterocycles. The average Bonchev–Trinajstić information content (AvgIpc) is 2.29. The van der Waals surface area contributed by atoms with Crippen LogP contribution in [0.1, 0.15) is 13.8 Å².